The smallest absolute Gasteiger partial charge is 0.292 e. The highest BCUT2D eigenvalue weighted by molar-refractivity contribution is 7.50. The van der Waals surface area contributed by atoms with Gasteiger partial charge in [0, 0.05) is 0 Å². The topological polar surface area (TPSA) is 3.24 Å². The molecule has 0 heterocycles. The molecule has 0 aromatic carbocycles. The van der Waals surface area contributed by atoms with Crippen LogP contribution in [0.15, 0.2) is 0 Å². The average Bonchev–Trinajstić information content (AvgIpc) is 2.21. The molecule has 0 amide bonds. The van der Waals surface area contributed by atoms with Gasteiger partial charge >= 0.3 is 25.8 Å². The Morgan fingerprint density at radius 2 is 0.708 bits per heavy atom. The lowest BCUT2D eigenvalue weighted by Crippen LogP contribution is -2.72. The number of hydrogen-bond acceptors (Lipinski definition) is 1. The first kappa shape index (κ1) is 24.5. The largest absolute Gasteiger partial charge is 0.336 e. The Kier molecular flexibility index (Phi) is 6.76. The van der Waals surface area contributed by atoms with Gasteiger partial charge in [0.05, 0.1) is 0 Å². The van der Waals surface area contributed by atoms with Crippen LogP contribution in [0.25, 0.3) is 0 Å². The van der Waals surface area contributed by atoms with Crippen molar-refractivity contribution in [2.45, 2.75) is 103 Å². The van der Waals surface area contributed by atoms with Crippen LogP contribution in [0.1, 0.15) is 83.1 Å². The zero-order valence-electron chi connectivity index (χ0n) is 17.4. The molecular formula is C16H36F4NPSi2. The Bertz CT molecular complexity index is 379. The molecule has 8 heteroatoms. The van der Waals surface area contributed by atoms with Crippen molar-refractivity contribution in [3.05, 3.63) is 0 Å². The van der Waals surface area contributed by atoms with Crippen molar-refractivity contribution >= 4 is 25.8 Å². The second-order valence-electron chi connectivity index (χ2n) is 10.8. The fraction of sp³-hybridized carbons (Fsp3) is 1.00. The zero-order chi connectivity index (χ0) is 20.2. The highest BCUT2D eigenvalue weighted by Gasteiger charge is 2.74. The highest BCUT2D eigenvalue weighted by atomic mass is 31.2. The van der Waals surface area contributed by atoms with Crippen molar-refractivity contribution in [2.24, 2.45) is 0 Å². The van der Waals surface area contributed by atoms with E-state index in [1.165, 1.54) is 0 Å². The summed E-state index contributed by atoms with van der Waals surface area (Å²) in [6.45, 7) is 19.6. The van der Waals surface area contributed by atoms with Crippen molar-refractivity contribution in [3.8, 4) is 0 Å². The van der Waals surface area contributed by atoms with Gasteiger partial charge in [-0.25, -0.2) is 4.00 Å². The Labute approximate surface area is 150 Å². The van der Waals surface area contributed by atoms with Gasteiger partial charge in [-0.2, -0.15) is 8.39 Å². The van der Waals surface area contributed by atoms with E-state index in [2.05, 4.69) is 0 Å². The van der Waals surface area contributed by atoms with Crippen LogP contribution in [0.4, 0.5) is 16.6 Å². The monoisotopic (exact) mass is 405 g/mol. The predicted octanol–water partition coefficient (Wildman–Crippen LogP) is 8.48. The van der Waals surface area contributed by atoms with Gasteiger partial charge in [-0.15, -0.1) is 0 Å². The lowest BCUT2D eigenvalue weighted by atomic mass is 10.2. The van der Waals surface area contributed by atoms with Gasteiger partial charge in [0.2, 0.25) is 0 Å². The molecule has 0 saturated carbocycles. The summed E-state index contributed by atoms with van der Waals surface area (Å²) >= 11 is 0. The third-order valence-corrected chi connectivity index (χ3v) is 18.5. The van der Waals surface area contributed by atoms with Crippen LogP contribution in [-0.2, 0) is 0 Å². The molecule has 146 valence electrons. The third-order valence-electron chi connectivity index (χ3n) is 4.71. The van der Waals surface area contributed by atoms with E-state index in [-0.39, 0.29) is 0 Å². The molecule has 0 aliphatic heterocycles. The molecule has 0 atom stereocenters. The van der Waals surface area contributed by atoms with E-state index in [1.54, 1.807) is 83.1 Å². The van der Waals surface area contributed by atoms with Crippen LogP contribution in [0, 0.1) is 0 Å². The maximum absolute atomic E-state index is 16.7. The number of halogens is 4. The standard InChI is InChI=1S/C16H36F4NPSi2/c1-13(2,3)23(19,14(4,5)6)21(22(17)18)24(20,15(7,8)9)16(10,11)12/h1-12H3. The Morgan fingerprint density at radius 1 is 0.542 bits per heavy atom. The van der Waals surface area contributed by atoms with Gasteiger partial charge in [0.15, 0.2) is 0 Å². The van der Waals surface area contributed by atoms with Crippen molar-refractivity contribution in [1.82, 2.24) is 4.00 Å². The van der Waals surface area contributed by atoms with Crippen LogP contribution in [0.3, 0.4) is 0 Å². The second-order valence-corrected chi connectivity index (χ2v) is 22.2. The van der Waals surface area contributed by atoms with Crippen LogP contribution < -0.4 is 0 Å². The molecule has 0 aromatic heterocycles. The molecule has 0 radical (unpaired) electrons. The van der Waals surface area contributed by atoms with Crippen LogP contribution >= 0.6 is 8.69 Å². The molecule has 0 aliphatic carbocycles. The van der Waals surface area contributed by atoms with E-state index < -0.39 is 46.0 Å². The minimum absolute atomic E-state index is 0.551. The SMILES string of the molecule is CC(C)(C)[Si](F)(N(P(F)F)[Si](F)(C(C)(C)C)C(C)(C)C)C(C)(C)C. The third kappa shape index (κ3) is 3.79. The molecule has 1 nitrogen and oxygen atoms in total. The molecule has 0 spiro atoms. The van der Waals surface area contributed by atoms with Crippen LogP contribution in [0.2, 0.25) is 20.2 Å². The van der Waals surface area contributed by atoms with Gasteiger partial charge < -0.3 is 0 Å². The first-order valence-electron chi connectivity index (χ1n) is 8.36. The molecule has 0 saturated heterocycles. The summed E-state index contributed by atoms with van der Waals surface area (Å²) in [5, 5.41) is -4.15. The van der Waals surface area contributed by atoms with E-state index in [0.29, 0.717) is 4.00 Å². The Morgan fingerprint density at radius 3 is 0.792 bits per heavy atom. The molecule has 0 unspecified atom stereocenters. The van der Waals surface area contributed by atoms with Crippen LogP contribution in [0.5, 0.6) is 0 Å². The fourth-order valence-corrected chi connectivity index (χ4v) is 22.0. The molecule has 0 fully saturated rings. The lowest BCUT2D eigenvalue weighted by molar-refractivity contribution is 0.393. The van der Waals surface area contributed by atoms with E-state index in [4.69, 9.17) is 0 Å². The maximum Gasteiger partial charge on any atom is 0.336 e. The van der Waals surface area contributed by atoms with Crippen LogP contribution in [-0.4, -0.2) is 21.1 Å². The minimum Gasteiger partial charge on any atom is -0.292 e. The number of hydrogen-bond donors (Lipinski definition) is 0. The summed E-state index contributed by atoms with van der Waals surface area (Å²) in [5.74, 6) is 0. The summed E-state index contributed by atoms with van der Waals surface area (Å²) < 4.78 is 62.7. The van der Waals surface area contributed by atoms with Gasteiger partial charge in [-0.05, 0) is 20.2 Å². The summed E-state index contributed by atoms with van der Waals surface area (Å²) in [6.07, 6.45) is 0. The first-order chi connectivity index (χ1) is 10.1. The molecule has 0 N–H and O–H groups in total. The molecule has 0 aromatic rings. The van der Waals surface area contributed by atoms with E-state index in [0.717, 1.165) is 0 Å². The molecule has 0 bridgehead atoms. The maximum atomic E-state index is 16.7. The summed E-state index contributed by atoms with van der Waals surface area (Å²) in [7, 11) is -12.7. The average molecular weight is 406 g/mol. The highest BCUT2D eigenvalue weighted by Crippen LogP contribution is 2.69. The van der Waals surface area contributed by atoms with Crippen molar-refractivity contribution in [3.63, 3.8) is 0 Å². The van der Waals surface area contributed by atoms with E-state index in [1.807, 2.05) is 0 Å². The zero-order valence-corrected chi connectivity index (χ0v) is 20.3. The van der Waals surface area contributed by atoms with E-state index >= 15 is 8.22 Å². The predicted molar refractivity (Wildman–Crippen MR) is 104 cm³/mol. The summed E-state index contributed by atoms with van der Waals surface area (Å²) in [6, 6.07) is 0. The molecule has 24 heavy (non-hydrogen) atoms. The summed E-state index contributed by atoms with van der Waals surface area (Å²) in [4.78, 5) is 0. The Hall–Kier alpha value is 0.544. The molecular weight excluding hydrogens is 369 g/mol. The number of nitrogens with zero attached hydrogens (tertiary/aromatic N) is 1. The van der Waals surface area contributed by atoms with Crippen molar-refractivity contribution < 1.29 is 16.6 Å². The van der Waals surface area contributed by atoms with Gasteiger partial charge in [0.25, 0.3) is 0 Å². The minimum atomic E-state index is -4.40. The second kappa shape index (κ2) is 6.61. The van der Waals surface area contributed by atoms with Gasteiger partial charge in [-0.3, -0.25) is 8.22 Å². The normalized spacial score (nSPS) is 16.2. The van der Waals surface area contributed by atoms with Crippen molar-refractivity contribution in [2.75, 3.05) is 0 Å². The Balaban J connectivity index is 7.01. The molecule has 0 rings (SSSR count). The first-order valence-corrected chi connectivity index (χ1v) is 13.1. The lowest BCUT2D eigenvalue weighted by Gasteiger charge is -2.58. The fourth-order valence-electron chi connectivity index (χ4n) is 3.94. The van der Waals surface area contributed by atoms with Gasteiger partial charge in [-0.1, -0.05) is 83.1 Å². The molecule has 0 aliphatic rings. The van der Waals surface area contributed by atoms with Gasteiger partial charge in [0.1, 0.15) is 0 Å². The quantitative estimate of drug-likeness (QED) is 0.197. The summed E-state index contributed by atoms with van der Waals surface area (Å²) in [5.41, 5.74) is 0. The number of rotatable bonds is 3. The van der Waals surface area contributed by atoms with Crippen molar-refractivity contribution in [1.29, 1.82) is 0 Å². The van der Waals surface area contributed by atoms with E-state index in [9.17, 15) is 8.39 Å².